The summed E-state index contributed by atoms with van der Waals surface area (Å²) in [5.41, 5.74) is 1.94. The minimum absolute atomic E-state index is 0.102. The molecule has 0 radical (unpaired) electrons. The SMILES string of the molecule is COc1c(F)cc(CN2CCN(c3nc(C)ncc3C)CC2)cc1Cl. The normalized spacial score (nSPS) is 15.5. The van der Waals surface area contributed by atoms with Crippen LogP contribution in [-0.2, 0) is 6.54 Å². The Hall–Kier alpha value is -1.92. The molecule has 0 atom stereocenters. The molecule has 134 valence electrons. The molecule has 25 heavy (non-hydrogen) atoms. The van der Waals surface area contributed by atoms with Crippen LogP contribution in [0.3, 0.4) is 0 Å². The molecule has 1 aromatic heterocycles. The van der Waals surface area contributed by atoms with Gasteiger partial charge < -0.3 is 9.64 Å². The van der Waals surface area contributed by atoms with Crippen LogP contribution in [0.4, 0.5) is 10.2 Å². The van der Waals surface area contributed by atoms with Crippen molar-refractivity contribution in [2.45, 2.75) is 20.4 Å². The third-order valence-electron chi connectivity index (χ3n) is 4.41. The van der Waals surface area contributed by atoms with Gasteiger partial charge in [-0.2, -0.15) is 0 Å². The van der Waals surface area contributed by atoms with Gasteiger partial charge in [-0.15, -0.1) is 0 Å². The number of aromatic nitrogens is 2. The monoisotopic (exact) mass is 364 g/mol. The molecule has 1 saturated heterocycles. The second-order valence-electron chi connectivity index (χ2n) is 6.28. The molecule has 0 N–H and O–H groups in total. The number of aryl methyl sites for hydroxylation is 2. The van der Waals surface area contributed by atoms with E-state index < -0.39 is 5.82 Å². The van der Waals surface area contributed by atoms with E-state index in [2.05, 4.69) is 19.8 Å². The highest BCUT2D eigenvalue weighted by molar-refractivity contribution is 6.32. The standard InChI is InChI=1S/C18H22ClFN4O/c1-12-10-21-13(2)22-18(12)24-6-4-23(5-7-24)11-14-8-15(19)17(25-3)16(20)9-14/h8-10H,4-7,11H2,1-3H3. The van der Waals surface area contributed by atoms with Crippen LogP contribution in [0.2, 0.25) is 5.02 Å². The molecule has 5 nitrogen and oxygen atoms in total. The van der Waals surface area contributed by atoms with Crippen molar-refractivity contribution in [2.24, 2.45) is 0 Å². The van der Waals surface area contributed by atoms with Gasteiger partial charge in [-0.05, 0) is 31.5 Å². The number of nitrogens with zero attached hydrogens (tertiary/aromatic N) is 4. The summed E-state index contributed by atoms with van der Waals surface area (Å²) in [5.74, 6) is 1.47. The Bertz CT molecular complexity index is 740. The van der Waals surface area contributed by atoms with Gasteiger partial charge >= 0.3 is 0 Å². The number of hydrogen-bond donors (Lipinski definition) is 0. The van der Waals surface area contributed by atoms with Crippen LogP contribution in [0.15, 0.2) is 18.3 Å². The zero-order chi connectivity index (χ0) is 18.0. The van der Waals surface area contributed by atoms with Gasteiger partial charge in [-0.1, -0.05) is 11.6 Å². The molecular weight excluding hydrogens is 343 g/mol. The Morgan fingerprint density at radius 2 is 1.92 bits per heavy atom. The van der Waals surface area contributed by atoms with Gasteiger partial charge in [0.15, 0.2) is 11.6 Å². The van der Waals surface area contributed by atoms with Gasteiger partial charge in [0.2, 0.25) is 0 Å². The van der Waals surface area contributed by atoms with Crippen molar-refractivity contribution in [1.29, 1.82) is 0 Å². The molecule has 1 aromatic carbocycles. The van der Waals surface area contributed by atoms with Crippen molar-refractivity contribution in [3.05, 3.63) is 46.1 Å². The van der Waals surface area contributed by atoms with Gasteiger partial charge in [0.1, 0.15) is 11.6 Å². The summed E-state index contributed by atoms with van der Waals surface area (Å²) in [6, 6.07) is 3.27. The van der Waals surface area contributed by atoms with Crippen molar-refractivity contribution in [2.75, 3.05) is 38.2 Å². The van der Waals surface area contributed by atoms with Gasteiger partial charge in [0.25, 0.3) is 0 Å². The minimum atomic E-state index is -0.421. The van der Waals surface area contributed by atoms with Crippen molar-refractivity contribution in [3.8, 4) is 5.75 Å². The van der Waals surface area contributed by atoms with Gasteiger partial charge in [-0.25, -0.2) is 14.4 Å². The predicted octanol–water partition coefficient (Wildman–Crippen LogP) is 3.22. The summed E-state index contributed by atoms with van der Waals surface area (Å²) in [7, 11) is 1.42. The number of hydrogen-bond acceptors (Lipinski definition) is 5. The first-order chi connectivity index (χ1) is 12.0. The van der Waals surface area contributed by atoms with Crippen molar-refractivity contribution in [1.82, 2.24) is 14.9 Å². The largest absolute Gasteiger partial charge is 0.492 e. The van der Waals surface area contributed by atoms with E-state index in [9.17, 15) is 4.39 Å². The Kier molecular flexibility index (Phi) is 5.39. The Morgan fingerprint density at radius 1 is 1.20 bits per heavy atom. The summed E-state index contributed by atoms with van der Waals surface area (Å²) in [5, 5.41) is 0.309. The number of rotatable bonds is 4. The second-order valence-corrected chi connectivity index (χ2v) is 6.69. The third kappa shape index (κ3) is 4.02. The third-order valence-corrected chi connectivity index (χ3v) is 4.69. The number of ether oxygens (including phenoxy) is 1. The molecule has 0 amide bonds. The fraction of sp³-hybridized carbons (Fsp3) is 0.444. The van der Waals surface area contributed by atoms with Crippen LogP contribution in [0.25, 0.3) is 0 Å². The summed E-state index contributed by atoms with van der Waals surface area (Å²) in [4.78, 5) is 13.4. The molecule has 7 heteroatoms. The summed E-state index contributed by atoms with van der Waals surface area (Å²) >= 11 is 6.08. The van der Waals surface area contributed by atoms with Gasteiger partial charge in [0.05, 0.1) is 12.1 Å². The smallest absolute Gasteiger partial charge is 0.173 e. The van der Waals surface area contributed by atoms with Crippen LogP contribution < -0.4 is 9.64 Å². The lowest BCUT2D eigenvalue weighted by molar-refractivity contribution is 0.248. The topological polar surface area (TPSA) is 41.5 Å². The number of methoxy groups -OCH3 is 1. The molecule has 0 saturated carbocycles. The average Bonchev–Trinajstić information content (AvgIpc) is 2.58. The lowest BCUT2D eigenvalue weighted by atomic mass is 10.1. The van der Waals surface area contributed by atoms with E-state index in [0.29, 0.717) is 11.6 Å². The van der Waals surface area contributed by atoms with E-state index in [-0.39, 0.29) is 5.75 Å². The second kappa shape index (κ2) is 7.54. The molecular formula is C18H22ClFN4O. The predicted molar refractivity (Wildman–Crippen MR) is 97.0 cm³/mol. The summed E-state index contributed by atoms with van der Waals surface area (Å²) in [6.45, 7) is 8.12. The summed E-state index contributed by atoms with van der Waals surface area (Å²) in [6.07, 6.45) is 1.87. The molecule has 2 heterocycles. The highest BCUT2D eigenvalue weighted by atomic mass is 35.5. The maximum Gasteiger partial charge on any atom is 0.173 e. The lowest BCUT2D eigenvalue weighted by Gasteiger charge is -2.36. The summed E-state index contributed by atoms with van der Waals surface area (Å²) < 4.78 is 18.9. The first kappa shape index (κ1) is 17.9. The van der Waals surface area contributed by atoms with E-state index >= 15 is 0 Å². The Morgan fingerprint density at radius 3 is 2.56 bits per heavy atom. The molecule has 0 spiro atoms. The van der Waals surface area contributed by atoms with Gasteiger partial charge in [0, 0.05) is 44.5 Å². The molecule has 2 aromatic rings. The lowest BCUT2D eigenvalue weighted by Crippen LogP contribution is -2.46. The first-order valence-electron chi connectivity index (χ1n) is 8.27. The van der Waals surface area contributed by atoms with Crippen LogP contribution >= 0.6 is 11.6 Å². The van der Waals surface area contributed by atoms with Gasteiger partial charge in [-0.3, -0.25) is 4.90 Å². The van der Waals surface area contributed by atoms with E-state index in [0.717, 1.165) is 48.9 Å². The maximum atomic E-state index is 14.0. The molecule has 0 bridgehead atoms. The van der Waals surface area contributed by atoms with E-state index in [1.54, 1.807) is 6.07 Å². The number of anilines is 1. The highest BCUT2D eigenvalue weighted by Crippen LogP contribution is 2.29. The van der Waals surface area contributed by atoms with Crippen molar-refractivity contribution >= 4 is 17.4 Å². The number of piperazine rings is 1. The maximum absolute atomic E-state index is 14.0. The molecule has 1 fully saturated rings. The van der Waals surface area contributed by atoms with Crippen LogP contribution in [0.5, 0.6) is 5.75 Å². The quantitative estimate of drug-likeness (QED) is 0.833. The van der Waals surface area contributed by atoms with E-state index in [4.69, 9.17) is 16.3 Å². The Balaban J connectivity index is 1.64. The van der Waals surface area contributed by atoms with E-state index in [1.165, 1.54) is 13.2 Å². The average molecular weight is 365 g/mol. The molecule has 3 rings (SSSR count). The fourth-order valence-corrected chi connectivity index (χ4v) is 3.42. The first-order valence-corrected chi connectivity index (χ1v) is 8.65. The van der Waals surface area contributed by atoms with Crippen LogP contribution in [0, 0.1) is 19.7 Å². The fourth-order valence-electron chi connectivity index (χ4n) is 3.11. The van der Waals surface area contributed by atoms with Crippen LogP contribution in [0.1, 0.15) is 17.0 Å². The number of benzene rings is 1. The van der Waals surface area contributed by atoms with Crippen LogP contribution in [-0.4, -0.2) is 48.2 Å². The zero-order valence-corrected chi connectivity index (χ0v) is 15.5. The molecule has 1 aliphatic rings. The number of halogens is 2. The molecule has 0 aliphatic carbocycles. The highest BCUT2D eigenvalue weighted by Gasteiger charge is 2.20. The van der Waals surface area contributed by atoms with Crippen molar-refractivity contribution < 1.29 is 9.13 Å². The Labute approximate surface area is 152 Å². The zero-order valence-electron chi connectivity index (χ0n) is 14.7. The minimum Gasteiger partial charge on any atom is -0.492 e. The van der Waals surface area contributed by atoms with Crippen molar-refractivity contribution in [3.63, 3.8) is 0 Å². The molecule has 0 unspecified atom stereocenters. The molecule has 1 aliphatic heterocycles. The van der Waals surface area contributed by atoms with E-state index in [1.807, 2.05) is 20.0 Å².